The maximum atomic E-state index is 12.1. The monoisotopic (exact) mass is 308 g/mol. The second-order valence-electron chi connectivity index (χ2n) is 3.32. The van der Waals surface area contributed by atoms with E-state index in [4.69, 9.17) is 11.6 Å². The molecule has 0 radical (unpaired) electrons. The van der Waals surface area contributed by atoms with Gasteiger partial charge in [0.1, 0.15) is 0 Å². The van der Waals surface area contributed by atoms with Gasteiger partial charge in [-0.2, -0.15) is 15.6 Å². The normalized spacial score (nSPS) is 12.2. The van der Waals surface area contributed by atoms with Crippen molar-refractivity contribution in [2.45, 2.75) is 10.8 Å². The van der Waals surface area contributed by atoms with Crippen LogP contribution in [0.4, 0.5) is 0 Å². The molecule has 0 saturated heterocycles. The third kappa shape index (κ3) is 2.86. The topological polar surface area (TPSA) is 50.3 Å². The lowest BCUT2D eigenvalue weighted by Gasteiger charge is -2.14. The van der Waals surface area contributed by atoms with Gasteiger partial charge in [-0.3, -0.25) is 0 Å². The van der Waals surface area contributed by atoms with Crippen LogP contribution < -0.4 is 0 Å². The lowest BCUT2D eigenvalue weighted by atomic mass is 10.3. The summed E-state index contributed by atoms with van der Waals surface area (Å²) in [5, 5.41) is 3.84. The lowest BCUT2D eigenvalue weighted by molar-refractivity contribution is 0.469. The van der Waals surface area contributed by atoms with Crippen molar-refractivity contribution in [3.05, 3.63) is 33.1 Å². The highest BCUT2D eigenvalue weighted by molar-refractivity contribution is 7.91. The molecule has 0 bridgehead atoms. The Morgan fingerprint density at radius 2 is 2.29 bits per heavy atom. The Morgan fingerprint density at radius 3 is 2.82 bits per heavy atom. The molecule has 17 heavy (non-hydrogen) atoms. The molecule has 8 heteroatoms. The number of halogens is 1. The summed E-state index contributed by atoms with van der Waals surface area (Å²) < 4.78 is 25.9. The summed E-state index contributed by atoms with van der Waals surface area (Å²) in [5.41, 5.74) is 0.969. The van der Waals surface area contributed by atoms with Gasteiger partial charge in [0.05, 0.1) is 6.20 Å². The Labute approximate surface area is 113 Å². The lowest BCUT2D eigenvalue weighted by Crippen LogP contribution is -2.25. The van der Waals surface area contributed by atoms with Crippen molar-refractivity contribution in [1.29, 1.82) is 0 Å². The number of aromatic nitrogens is 1. The van der Waals surface area contributed by atoms with Crippen LogP contribution >= 0.6 is 34.3 Å². The highest BCUT2D eigenvalue weighted by atomic mass is 35.5. The Kier molecular flexibility index (Phi) is 3.84. The summed E-state index contributed by atoms with van der Waals surface area (Å²) >= 11 is 8.14. The van der Waals surface area contributed by atoms with E-state index in [2.05, 4.69) is 4.98 Å². The van der Waals surface area contributed by atoms with Crippen LogP contribution in [0, 0.1) is 0 Å². The van der Waals surface area contributed by atoms with Gasteiger partial charge in [-0.05, 0) is 22.4 Å². The fraction of sp³-hybridized carbons (Fsp3) is 0.222. The van der Waals surface area contributed by atoms with Crippen molar-refractivity contribution in [1.82, 2.24) is 9.29 Å². The second kappa shape index (κ2) is 5.03. The molecule has 0 spiro atoms. The van der Waals surface area contributed by atoms with Crippen molar-refractivity contribution in [2.75, 3.05) is 7.05 Å². The molecular formula is C9H9ClN2O2S3. The zero-order chi connectivity index (χ0) is 12.5. The molecule has 4 nitrogen and oxygen atoms in total. The Bertz CT molecular complexity index is 592. The molecule has 0 aromatic carbocycles. The number of sulfonamides is 1. The van der Waals surface area contributed by atoms with Crippen molar-refractivity contribution in [2.24, 2.45) is 0 Å². The van der Waals surface area contributed by atoms with Crippen molar-refractivity contribution in [3.8, 4) is 0 Å². The predicted molar refractivity (Wildman–Crippen MR) is 70.1 cm³/mol. The SMILES string of the molecule is CN(Cc1ccsc1)S(=O)(=O)c1cnc(Cl)s1. The highest BCUT2D eigenvalue weighted by Gasteiger charge is 2.23. The van der Waals surface area contributed by atoms with Crippen LogP contribution in [0.5, 0.6) is 0 Å². The summed E-state index contributed by atoms with van der Waals surface area (Å²) in [4.78, 5) is 3.74. The average Bonchev–Trinajstić information content (AvgIpc) is 2.89. The quantitative estimate of drug-likeness (QED) is 0.872. The molecule has 0 fully saturated rings. The first kappa shape index (κ1) is 13.0. The van der Waals surface area contributed by atoms with Gasteiger partial charge in [-0.15, -0.1) is 0 Å². The third-order valence-corrected chi connectivity index (χ3v) is 6.19. The molecule has 0 unspecified atom stereocenters. The van der Waals surface area contributed by atoms with Crippen molar-refractivity contribution >= 4 is 44.3 Å². The van der Waals surface area contributed by atoms with Gasteiger partial charge >= 0.3 is 0 Å². The van der Waals surface area contributed by atoms with E-state index >= 15 is 0 Å². The van der Waals surface area contributed by atoms with E-state index in [0.717, 1.165) is 16.9 Å². The fourth-order valence-electron chi connectivity index (χ4n) is 1.24. The van der Waals surface area contributed by atoms with Crippen LogP contribution in [0.25, 0.3) is 0 Å². The van der Waals surface area contributed by atoms with Gasteiger partial charge in [0.25, 0.3) is 10.0 Å². The number of hydrogen-bond acceptors (Lipinski definition) is 5. The molecule has 0 aliphatic rings. The van der Waals surface area contributed by atoms with Crippen LogP contribution in [0.3, 0.4) is 0 Å². The second-order valence-corrected chi connectivity index (χ2v) is 7.99. The smallest absolute Gasteiger partial charge is 0.232 e. The maximum Gasteiger partial charge on any atom is 0.254 e. The summed E-state index contributed by atoms with van der Waals surface area (Å²) in [6, 6.07) is 1.90. The van der Waals surface area contributed by atoms with Gasteiger partial charge in [-0.25, -0.2) is 13.4 Å². The van der Waals surface area contributed by atoms with Gasteiger partial charge in [-0.1, -0.05) is 22.9 Å². The Balaban J connectivity index is 2.21. The van der Waals surface area contributed by atoms with Crippen LogP contribution in [0.1, 0.15) is 5.56 Å². The fourth-order valence-corrected chi connectivity index (χ4v) is 4.56. The summed E-state index contributed by atoms with van der Waals surface area (Å²) in [6.45, 7) is 0.349. The van der Waals surface area contributed by atoms with E-state index in [-0.39, 0.29) is 8.68 Å². The molecule has 0 saturated carbocycles. The van der Waals surface area contributed by atoms with Gasteiger partial charge < -0.3 is 0 Å². The summed E-state index contributed by atoms with van der Waals surface area (Å²) in [7, 11) is -1.94. The third-order valence-electron chi connectivity index (χ3n) is 2.11. The summed E-state index contributed by atoms with van der Waals surface area (Å²) in [5.74, 6) is 0. The minimum Gasteiger partial charge on any atom is -0.232 e. The van der Waals surface area contributed by atoms with Crippen LogP contribution in [-0.4, -0.2) is 24.8 Å². The largest absolute Gasteiger partial charge is 0.254 e. The predicted octanol–water partition coefficient (Wildman–Crippen LogP) is 2.68. The van der Waals surface area contributed by atoms with E-state index in [1.807, 2.05) is 16.8 Å². The molecule has 0 atom stereocenters. The van der Waals surface area contributed by atoms with Gasteiger partial charge in [0, 0.05) is 13.6 Å². The standard InChI is InChI=1S/C9H9ClN2O2S3/c1-12(5-7-2-3-15-6-7)17(13,14)8-4-11-9(10)16-8/h2-4,6H,5H2,1H3. The number of thiophene rings is 1. The van der Waals surface area contributed by atoms with Crippen molar-refractivity contribution < 1.29 is 8.42 Å². The number of thiazole rings is 1. The molecule has 2 rings (SSSR count). The molecule has 0 N–H and O–H groups in total. The molecule has 0 aliphatic heterocycles. The summed E-state index contributed by atoms with van der Waals surface area (Å²) in [6.07, 6.45) is 1.28. The van der Waals surface area contributed by atoms with Crippen LogP contribution in [0.15, 0.2) is 27.2 Å². The van der Waals surface area contributed by atoms with E-state index in [0.29, 0.717) is 6.54 Å². The average molecular weight is 309 g/mol. The van der Waals surface area contributed by atoms with E-state index in [1.54, 1.807) is 7.05 Å². The van der Waals surface area contributed by atoms with Crippen LogP contribution in [0.2, 0.25) is 4.47 Å². The van der Waals surface area contributed by atoms with E-state index in [1.165, 1.54) is 21.8 Å². The maximum absolute atomic E-state index is 12.1. The van der Waals surface area contributed by atoms with Gasteiger partial charge in [0.2, 0.25) is 0 Å². The molecule has 0 aliphatic carbocycles. The van der Waals surface area contributed by atoms with E-state index < -0.39 is 10.0 Å². The van der Waals surface area contributed by atoms with E-state index in [9.17, 15) is 8.42 Å². The molecular weight excluding hydrogens is 300 g/mol. The first-order valence-electron chi connectivity index (χ1n) is 4.59. The Morgan fingerprint density at radius 1 is 1.53 bits per heavy atom. The van der Waals surface area contributed by atoms with Crippen molar-refractivity contribution in [3.63, 3.8) is 0 Å². The molecule has 2 aromatic rings. The first-order chi connectivity index (χ1) is 8.00. The minimum atomic E-state index is -3.48. The zero-order valence-corrected chi connectivity index (χ0v) is 12.0. The first-order valence-corrected chi connectivity index (χ1v) is 8.16. The number of hydrogen-bond donors (Lipinski definition) is 0. The zero-order valence-electron chi connectivity index (χ0n) is 8.83. The van der Waals surface area contributed by atoms with Gasteiger partial charge in [0.15, 0.2) is 8.68 Å². The molecule has 92 valence electrons. The highest BCUT2D eigenvalue weighted by Crippen LogP contribution is 2.25. The molecule has 2 aromatic heterocycles. The minimum absolute atomic E-state index is 0.167. The van der Waals surface area contributed by atoms with Crippen LogP contribution in [-0.2, 0) is 16.6 Å². The molecule has 0 amide bonds. The molecule has 2 heterocycles. The number of nitrogens with zero attached hydrogens (tertiary/aromatic N) is 2. The number of rotatable bonds is 4. The Hall–Kier alpha value is -0.470.